The van der Waals surface area contributed by atoms with Crippen molar-refractivity contribution in [3.8, 4) is 11.4 Å². The number of fused-ring (bicyclic) bond motifs is 3. The molecule has 2 aromatic carbocycles. The summed E-state index contributed by atoms with van der Waals surface area (Å²) >= 11 is 0. The van der Waals surface area contributed by atoms with Crippen molar-refractivity contribution in [3.05, 3.63) is 89.5 Å². The molecule has 1 aliphatic rings. The maximum atomic E-state index is 14.0. The van der Waals surface area contributed by atoms with Gasteiger partial charge in [0.15, 0.2) is 5.78 Å². The standard InChI is InChI=1S/C22H17F2N5O/c23-17-4-2-5-18(24)16(17)10-21(30)19-11-29-20-9-15(28-12-25-26-13-28)8-7-14(20)3-1-6-22(29)27-19/h2,4-5,7-9,11-13H,1,3,6,10H2. The summed E-state index contributed by atoms with van der Waals surface area (Å²) in [5, 5.41) is 7.69. The van der Waals surface area contributed by atoms with Gasteiger partial charge in [0.05, 0.1) is 11.4 Å². The smallest absolute Gasteiger partial charge is 0.187 e. The Morgan fingerprint density at radius 1 is 1.03 bits per heavy atom. The number of Topliss-reactive ketones (excluding diaryl/α,β-unsaturated/α-hetero) is 1. The lowest BCUT2D eigenvalue weighted by Gasteiger charge is -2.11. The first-order chi connectivity index (χ1) is 14.6. The van der Waals surface area contributed by atoms with Crippen LogP contribution in [0.5, 0.6) is 0 Å². The monoisotopic (exact) mass is 405 g/mol. The molecule has 6 nitrogen and oxygen atoms in total. The number of aromatic nitrogens is 5. The summed E-state index contributed by atoms with van der Waals surface area (Å²) in [6.07, 6.45) is 7.02. The minimum absolute atomic E-state index is 0.204. The van der Waals surface area contributed by atoms with Crippen molar-refractivity contribution in [2.24, 2.45) is 0 Å². The van der Waals surface area contributed by atoms with Gasteiger partial charge in [-0.25, -0.2) is 13.8 Å². The molecule has 0 aliphatic carbocycles. The third kappa shape index (κ3) is 3.20. The van der Waals surface area contributed by atoms with E-state index in [1.54, 1.807) is 23.4 Å². The van der Waals surface area contributed by atoms with Crippen LogP contribution in [0, 0.1) is 11.6 Å². The fraction of sp³-hybridized carbons (Fsp3) is 0.182. The van der Waals surface area contributed by atoms with Crippen molar-refractivity contribution >= 4 is 5.78 Å². The van der Waals surface area contributed by atoms with Crippen LogP contribution in [0.2, 0.25) is 0 Å². The van der Waals surface area contributed by atoms with Gasteiger partial charge in [0.2, 0.25) is 0 Å². The van der Waals surface area contributed by atoms with Gasteiger partial charge < -0.3 is 4.57 Å². The Balaban J connectivity index is 1.53. The number of hydrogen-bond acceptors (Lipinski definition) is 4. The summed E-state index contributed by atoms with van der Waals surface area (Å²) in [6.45, 7) is 0. The summed E-state index contributed by atoms with van der Waals surface area (Å²) in [5.41, 5.74) is 2.93. The Kier molecular flexibility index (Phi) is 4.46. The Morgan fingerprint density at radius 3 is 2.57 bits per heavy atom. The van der Waals surface area contributed by atoms with E-state index >= 15 is 0 Å². The second-order valence-electron chi connectivity index (χ2n) is 7.25. The average molecular weight is 405 g/mol. The third-order valence-electron chi connectivity index (χ3n) is 5.36. The van der Waals surface area contributed by atoms with Crippen LogP contribution in [0.1, 0.15) is 33.9 Å². The van der Waals surface area contributed by atoms with Gasteiger partial charge in [-0.2, -0.15) is 0 Å². The molecule has 2 aromatic heterocycles. The summed E-state index contributed by atoms with van der Waals surface area (Å²) in [6, 6.07) is 9.63. The van der Waals surface area contributed by atoms with Gasteiger partial charge in [-0.05, 0) is 42.7 Å². The molecule has 5 rings (SSSR count). The molecule has 0 radical (unpaired) electrons. The molecule has 0 saturated carbocycles. The lowest BCUT2D eigenvalue weighted by molar-refractivity contribution is 0.0986. The minimum Gasteiger partial charge on any atom is -0.303 e. The number of imidazole rings is 1. The van der Waals surface area contributed by atoms with Crippen LogP contribution in [0.15, 0.2) is 55.2 Å². The molecule has 0 amide bonds. The van der Waals surface area contributed by atoms with Crippen LogP contribution in [-0.4, -0.2) is 30.1 Å². The highest BCUT2D eigenvalue weighted by molar-refractivity contribution is 5.95. The summed E-state index contributed by atoms with van der Waals surface area (Å²) in [7, 11) is 0. The van der Waals surface area contributed by atoms with Crippen LogP contribution < -0.4 is 0 Å². The van der Waals surface area contributed by atoms with Gasteiger partial charge in [-0.3, -0.25) is 9.36 Å². The predicted octanol–water partition coefficient (Wildman–Crippen LogP) is 3.65. The van der Waals surface area contributed by atoms with Gasteiger partial charge in [0.1, 0.15) is 35.8 Å². The number of carbonyl (C=O) groups is 1. The summed E-state index contributed by atoms with van der Waals surface area (Å²) in [5.74, 6) is -1.12. The number of aryl methyl sites for hydroxylation is 2. The average Bonchev–Trinajstić information content (AvgIpc) is 3.39. The van der Waals surface area contributed by atoms with Gasteiger partial charge in [0.25, 0.3) is 0 Å². The molecule has 150 valence electrons. The Hall–Kier alpha value is -3.68. The Bertz CT molecular complexity index is 1230. The zero-order valence-electron chi connectivity index (χ0n) is 15.9. The normalized spacial score (nSPS) is 12.9. The SMILES string of the molecule is O=C(Cc1c(F)cccc1F)c1cn2c(n1)CCCc1ccc(-n3cnnc3)cc1-2. The van der Waals surface area contributed by atoms with E-state index in [4.69, 9.17) is 0 Å². The molecule has 4 aromatic rings. The van der Waals surface area contributed by atoms with Crippen LogP contribution in [0.25, 0.3) is 11.4 Å². The van der Waals surface area contributed by atoms with Crippen LogP contribution in [-0.2, 0) is 19.3 Å². The van der Waals surface area contributed by atoms with E-state index in [-0.39, 0.29) is 17.7 Å². The van der Waals surface area contributed by atoms with E-state index in [1.165, 1.54) is 6.07 Å². The van der Waals surface area contributed by atoms with Gasteiger partial charge >= 0.3 is 0 Å². The van der Waals surface area contributed by atoms with E-state index < -0.39 is 17.4 Å². The number of hydrogen-bond donors (Lipinski definition) is 0. The van der Waals surface area contributed by atoms with E-state index in [1.807, 2.05) is 16.7 Å². The molecular weight excluding hydrogens is 388 g/mol. The fourth-order valence-electron chi connectivity index (χ4n) is 3.81. The number of ketones is 1. The molecular formula is C22H17F2N5O. The number of rotatable bonds is 4. The highest BCUT2D eigenvalue weighted by Crippen LogP contribution is 2.27. The quantitative estimate of drug-likeness (QED) is 0.486. The Morgan fingerprint density at radius 2 is 1.80 bits per heavy atom. The van der Waals surface area contributed by atoms with Crippen molar-refractivity contribution in [1.82, 2.24) is 24.3 Å². The second kappa shape index (κ2) is 7.29. The topological polar surface area (TPSA) is 65.6 Å². The van der Waals surface area contributed by atoms with Crippen LogP contribution in [0.3, 0.4) is 0 Å². The molecule has 3 heterocycles. The van der Waals surface area contributed by atoms with E-state index in [0.29, 0.717) is 6.42 Å². The zero-order valence-corrected chi connectivity index (χ0v) is 15.9. The highest BCUT2D eigenvalue weighted by Gasteiger charge is 2.22. The summed E-state index contributed by atoms with van der Waals surface area (Å²) < 4.78 is 31.6. The van der Waals surface area contributed by atoms with Crippen molar-refractivity contribution in [2.75, 3.05) is 0 Å². The number of halogens is 2. The van der Waals surface area contributed by atoms with Crippen molar-refractivity contribution in [1.29, 1.82) is 0 Å². The molecule has 0 fully saturated rings. The second-order valence-corrected chi connectivity index (χ2v) is 7.25. The number of nitrogens with zero attached hydrogens (tertiary/aromatic N) is 5. The first kappa shape index (κ1) is 18.4. The number of carbonyl (C=O) groups excluding carboxylic acids is 1. The highest BCUT2D eigenvalue weighted by atomic mass is 19.1. The van der Waals surface area contributed by atoms with Crippen molar-refractivity contribution in [3.63, 3.8) is 0 Å². The maximum Gasteiger partial charge on any atom is 0.187 e. The van der Waals surface area contributed by atoms with Gasteiger partial charge in [0, 0.05) is 24.6 Å². The molecule has 30 heavy (non-hydrogen) atoms. The molecule has 0 atom stereocenters. The summed E-state index contributed by atoms with van der Waals surface area (Å²) in [4.78, 5) is 17.3. The van der Waals surface area contributed by atoms with E-state index in [9.17, 15) is 13.6 Å². The van der Waals surface area contributed by atoms with Crippen LogP contribution in [0.4, 0.5) is 8.78 Å². The third-order valence-corrected chi connectivity index (χ3v) is 5.36. The van der Waals surface area contributed by atoms with Gasteiger partial charge in [-0.1, -0.05) is 12.1 Å². The van der Waals surface area contributed by atoms with Gasteiger partial charge in [-0.15, -0.1) is 10.2 Å². The first-order valence-corrected chi connectivity index (χ1v) is 9.63. The first-order valence-electron chi connectivity index (χ1n) is 9.63. The van der Waals surface area contributed by atoms with E-state index in [2.05, 4.69) is 21.2 Å². The molecule has 0 saturated heterocycles. The van der Waals surface area contributed by atoms with Crippen molar-refractivity contribution in [2.45, 2.75) is 25.7 Å². The Labute approximate surface area is 170 Å². The molecule has 0 N–H and O–H groups in total. The maximum absolute atomic E-state index is 14.0. The molecule has 0 bridgehead atoms. The fourth-order valence-corrected chi connectivity index (χ4v) is 3.81. The molecule has 1 aliphatic heterocycles. The lowest BCUT2D eigenvalue weighted by atomic mass is 10.1. The molecule has 0 spiro atoms. The number of benzene rings is 2. The van der Waals surface area contributed by atoms with E-state index in [0.717, 1.165) is 47.7 Å². The largest absolute Gasteiger partial charge is 0.303 e. The lowest BCUT2D eigenvalue weighted by Crippen LogP contribution is -2.08. The predicted molar refractivity (Wildman–Crippen MR) is 105 cm³/mol. The van der Waals surface area contributed by atoms with Crippen molar-refractivity contribution < 1.29 is 13.6 Å². The zero-order chi connectivity index (χ0) is 20.7. The molecule has 8 heteroatoms. The molecule has 0 unspecified atom stereocenters. The minimum atomic E-state index is -0.729. The van der Waals surface area contributed by atoms with Crippen LogP contribution >= 0.6 is 0 Å².